The first kappa shape index (κ1) is 23.9. The lowest BCUT2D eigenvalue weighted by atomic mass is 9.75. The van der Waals surface area contributed by atoms with Gasteiger partial charge in [-0.3, -0.25) is 0 Å². The van der Waals surface area contributed by atoms with E-state index in [1.807, 2.05) is 36.4 Å². The van der Waals surface area contributed by atoms with Gasteiger partial charge in [0.25, 0.3) is 0 Å². The van der Waals surface area contributed by atoms with Crippen LogP contribution in [0.3, 0.4) is 0 Å². The summed E-state index contributed by atoms with van der Waals surface area (Å²) < 4.78 is 48.1. The molecule has 7 heteroatoms. The van der Waals surface area contributed by atoms with Gasteiger partial charge in [0.15, 0.2) is 0 Å². The predicted molar refractivity (Wildman–Crippen MR) is 121 cm³/mol. The van der Waals surface area contributed by atoms with Gasteiger partial charge in [-0.1, -0.05) is 42.5 Å². The molecular weight excluding hydrogens is 427 g/mol. The van der Waals surface area contributed by atoms with Crippen LogP contribution in [0.15, 0.2) is 48.5 Å². The molecule has 32 heavy (non-hydrogen) atoms. The maximum absolute atomic E-state index is 15.0. The van der Waals surface area contributed by atoms with E-state index in [1.54, 1.807) is 6.07 Å². The highest BCUT2D eigenvalue weighted by atomic mass is 32.2. The third-order valence-corrected chi connectivity index (χ3v) is 8.51. The maximum atomic E-state index is 15.0. The number of sulfonamides is 1. The molecule has 0 amide bonds. The van der Waals surface area contributed by atoms with E-state index in [4.69, 9.17) is 10.00 Å². The first-order valence-electron chi connectivity index (χ1n) is 10.6. The first-order valence-corrected chi connectivity index (χ1v) is 12.1. The second-order valence-corrected chi connectivity index (χ2v) is 10.3. The molecule has 0 bridgehead atoms. The van der Waals surface area contributed by atoms with E-state index in [2.05, 4.69) is 18.9 Å². The number of benzene rings is 2. The molecule has 0 spiro atoms. The number of halogens is 1. The van der Waals surface area contributed by atoms with E-state index in [9.17, 15) is 12.8 Å². The Morgan fingerprint density at radius 3 is 2.50 bits per heavy atom. The summed E-state index contributed by atoms with van der Waals surface area (Å²) in [6.45, 7) is 1.38. The second kappa shape index (κ2) is 10.3. The van der Waals surface area contributed by atoms with Crippen molar-refractivity contribution in [3.05, 3.63) is 71.0 Å². The minimum absolute atomic E-state index is 0.0273. The topological polar surface area (TPSA) is 70.4 Å². The van der Waals surface area contributed by atoms with E-state index in [-0.39, 0.29) is 12.0 Å². The Morgan fingerprint density at radius 2 is 1.91 bits per heavy atom. The van der Waals surface area contributed by atoms with Crippen molar-refractivity contribution in [2.75, 3.05) is 19.8 Å². The molecule has 0 unspecified atom stereocenters. The third kappa shape index (κ3) is 4.71. The van der Waals surface area contributed by atoms with Gasteiger partial charge in [0.1, 0.15) is 11.1 Å². The fourth-order valence-corrected chi connectivity index (χ4v) is 6.41. The zero-order valence-corrected chi connectivity index (χ0v) is 18.7. The standard InChI is InChI=1S/C23H25FN2O3S.C2H2/c24-21-14-20(23(11-5-12-25)16-29-17-23)10-9-19(21)15-26-13-4-8-22(30(26,27)28)18-6-2-1-3-7-18;1-2/h1-3,6-7,9-10,14,22H,4-5,8,11,13,15-17H2;1-2H/t22-;/m1./s1. The summed E-state index contributed by atoms with van der Waals surface area (Å²) in [5.74, 6) is -0.409. The van der Waals surface area contributed by atoms with Crippen LogP contribution in [0.4, 0.5) is 4.39 Å². The van der Waals surface area contributed by atoms with E-state index in [1.165, 1.54) is 10.4 Å². The summed E-state index contributed by atoms with van der Waals surface area (Å²) in [4.78, 5) is 0. The van der Waals surface area contributed by atoms with Crippen LogP contribution in [0.5, 0.6) is 0 Å². The van der Waals surface area contributed by atoms with Crippen LogP contribution in [-0.4, -0.2) is 32.5 Å². The molecule has 1 atom stereocenters. The molecule has 2 aromatic rings. The molecule has 2 saturated heterocycles. The van der Waals surface area contributed by atoms with Crippen molar-refractivity contribution in [1.82, 2.24) is 4.31 Å². The Hall–Kier alpha value is -2.71. The second-order valence-electron chi connectivity index (χ2n) is 8.16. The van der Waals surface area contributed by atoms with Crippen LogP contribution in [0.25, 0.3) is 0 Å². The van der Waals surface area contributed by atoms with Gasteiger partial charge in [0, 0.05) is 30.5 Å². The third-order valence-electron chi connectivity index (χ3n) is 6.25. The Morgan fingerprint density at radius 1 is 1.19 bits per heavy atom. The van der Waals surface area contributed by atoms with Crippen molar-refractivity contribution in [2.45, 2.75) is 42.9 Å². The highest BCUT2D eigenvalue weighted by Gasteiger charge is 2.41. The molecule has 4 rings (SSSR count). The van der Waals surface area contributed by atoms with E-state index >= 15 is 0 Å². The Labute approximate surface area is 189 Å². The van der Waals surface area contributed by atoms with E-state index < -0.39 is 21.1 Å². The molecule has 0 radical (unpaired) electrons. The summed E-state index contributed by atoms with van der Waals surface area (Å²) in [5.41, 5.74) is 1.65. The van der Waals surface area contributed by atoms with Crippen LogP contribution in [0.2, 0.25) is 0 Å². The zero-order chi connectivity index (χ0) is 23.2. The molecule has 0 saturated carbocycles. The molecule has 2 aliphatic heterocycles. The van der Waals surface area contributed by atoms with Gasteiger partial charge in [0.2, 0.25) is 10.0 Å². The predicted octanol–water partition coefficient (Wildman–Crippen LogP) is 4.31. The summed E-state index contributed by atoms with van der Waals surface area (Å²) in [7, 11) is -3.57. The first-order chi connectivity index (χ1) is 15.5. The van der Waals surface area contributed by atoms with Crippen LogP contribution in [0.1, 0.15) is 47.6 Å². The average Bonchev–Trinajstić information content (AvgIpc) is 2.78. The maximum Gasteiger partial charge on any atom is 0.221 e. The number of nitrogens with zero attached hydrogens (tertiary/aromatic N) is 2. The van der Waals surface area contributed by atoms with Crippen molar-refractivity contribution >= 4 is 10.0 Å². The molecule has 0 N–H and O–H groups in total. The van der Waals surface area contributed by atoms with Crippen LogP contribution >= 0.6 is 0 Å². The summed E-state index contributed by atoms with van der Waals surface area (Å²) >= 11 is 0. The molecule has 2 fully saturated rings. The number of rotatable bonds is 6. The monoisotopic (exact) mass is 454 g/mol. The lowest BCUT2D eigenvalue weighted by Crippen LogP contribution is -2.46. The van der Waals surface area contributed by atoms with E-state index in [0.29, 0.717) is 44.6 Å². The smallest absolute Gasteiger partial charge is 0.221 e. The van der Waals surface area contributed by atoms with Crippen LogP contribution < -0.4 is 0 Å². The van der Waals surface area contributed by atoms with Gasteiger partial charge in [-0.25, -0.2) is 12.8 Å². The Kier molecular flexibility index (Phi) is 7.69. The lowest BCUT2D eigenvalue weighted by Gasteiger charge is -2.42. The quantitative estimate of drug-likeness (QED) is 0.610. The van der Waals surface area contributed by atoms with Gasteiger partial charge in [-0.05, 0) is 36.5 Å². The van der Waals surface area contributed by atoms with Crippen molar-refractivity contribution in [1.29, 1.82) is 5.26 Å². The molecule has 2 heterocycles. The summed E-state index contributed by atoms with van der Waals surface area (Å²) in [6, 6.07) is 16.4. The minimum Gasteiger partial charge on any atom is -0.379 e. The number of hydrogen-bond acceptors (Lipinski definition) is 4. The lowest BCUT2D eigenvalue weighted by molar-refractivity contribution is -0.0638. The molecule has 2 aromatic carbocycles. The molecule has 5 nitrogen and oxygen atoms in total. The average molecular weight is 455 g/mol. The SMILES string of the molecule is C#C.N#CCCC1(c2ccc(CN3CCC[C@H](c4ccccc4)S3(=O)=O)c(F)c2)COC1. The van der Waals surface area contributed by atoms with Crippen molar-refractivity contribution in [3.63, 3.8) is 0 Å². The van der Waals surface area contributed by atoms with Gasteiger partial charge in [0.05, 0.1) is 19.3 Å². The molecule has 0 aromatic heterocycles. The largest absolute Gasteiger partial charge is 0.379 e. The van der Waals surface area contributed by atoms with Crippen molar-refractivity contribution < 1.29 is 17.5 Å². The van der Waals surface area contributed by atoms with Gasteiger partial charge < -0.3 is 4.74 Å². The fraction of sp³-hybridized carbons (Fsp3) is 0.400. The van der Waals surface area contributed by atoms with Crippen LogP contribution in [-0.2, 0) is 26.7 Å². The molecular formula is C25H27FN2O3S. The van der Waals surface area contributed by atoms with Crippen LogP contribution in [0, 0.1) is 30.0 Å². The normalized spacial score (nSPS) is 21.4. The van der Waals surface area contributed by atoms with Crippen molar-refractivity contribution in [2.24, 2.45) is 0 Å². The Bertz CT molecular complexity index is 1090. The summed E-state index contributed by atoms with van der Waals surface area (Å²) in [6.07, 6.45) is 10.3. The molecule has 168 valence electrons. The fourth-order valence-electron chi connectivity index (χ4n) is 4.38. The highest BCUT2D eigenvalue weighted by Crippen LogP contribution is 2.38. The van der Waals surface area contributed by atoms with Gasteiger partial charge in [-0.2, -0.15) is 9.57 Å². The van der Waals surface area contributed by atoms with E-state index in [0.717, 1.165) is 17.5 Å². The summed E-state index contributed by atoms with van der Waals surface area (Å²) in [5, 5.41) is 8.32. The number of nitriles is 1. The number of hydrogen-bond donors (Lipinski definition) is 0. The molecule has 0 aliphatic carbocycles. The van der Waals surface area contributed by atoms with Crippen molar-refractivity contribution in [3.8, 4) is 18.9 Å². The minimum atomic E-state index is -3.57. The number of ether oxygens (including phenoxy) is 1. The highest BCUT2D eigenvalue weighted by molar-refractivity contribution is 7.89. The van der Waals surface area contributed by atoms with Gasteiger partial charge in [-0.15, -0.1) is 12.8 Å². The van der Waals surface area contributed by atoms with Gasteiger partial charge >= 0.3 is 0 Å². The molecule has 2 aliphatic rings. The Balaban J connectivity index is 0.00000141. The zero-order valence-electron chi connectivity index (χ0n) is 17.9. The number of terminal acetylenes is 1.